The number of nitrogens with two attached hydrogens (primary N) is 1. The quantitative estimate of drug-likeness (QED) is 0.896. The van der Waals surface area contributed by atoms with E-state index < -0.39 is 0 Å². The minimum absolute atomic E-state index is 0.562. The number of nitrogens with zero attached hydrogens (tertiary/aromatic N) is 1. The smallest absolute Gasteiger partial charge is 0.0905 e. The third-order valence-corrected chi connectivity index (χ3v) is 3.83. The second-order valence-electron chi connectivity index (χ2n) is 4.49. The summed E-state index contributed by atoms with van der Waals surface area (Å²) < 4.78 is 0. The number of hydrogen-bond acceptors (Lipinski definition) is 3. The lowest BCUT2D eigenvalue weighted by molar-refractivity contribution is 0.867. The average molecular weight is 246 g/mol. The fraction of sp³-hybridized carbons (Fsp3) is 0.357. The van der Waals surface area contributed by atoms with Crippen molar-refractivity contribution in [3.63, 3.8) is 0 Å². The predicted octanol–water partition coefficient (Wildman–Crippen LogP) is 3.70. The van der Waals surface area contributed by atoms with Gasteiger partial charge < -0.3 is 5.73 Å². The molecule has 0 unspecified atom stereocenters. The Bertz CT molecular complexity index is 497. The molecule has 0 amide bonds. The summed E-state index contributed by atoms with van der Waals surface area (Å²) in [6.07, 6.45) is 0. The highest BCUT2D eigenvalue weighted by molar-refractivity contribution is 7.12. The molecular weight excluding hydrogens is 228 g/mol. The number of aromatic nitrogens is 1. The minimum Gasteiger partial charge on any atom is -0.326 e. The lowest BCUT2D eigenvalue weighted by Gasteiger charge is -2.06. The first-order chi connectivity index (χ1) is 8.11. The van der Waals surface area contributed by atoms with Gasteiger partial charge in [-0.15, -0.1) is 11.3 Å². The predicted molar refractivity (Wildman–Crippen MR) is 74.3 cm³/mol. The Labute approximate surface area is 107 Å². The van der Waals surface area contributed by atoms with Crippen molar-refractivity contribution in [1.82, 2.24) is 4.98 Å². The van der Waals surface area contributed by atoms with Gasteiger partial charge in [0.25, 0.3) is 0 Å². The number of thiazole rings is 1. The van der Waals surface area contributed by atoms with Crippen LogP contribution in [0.3, 0.4) is 0 Å². The molecule has 1 heterocycles. The van der Waals surface area contributed by atoms with Crippen molar-refractivity contribution < 1.29 is 0 Å². The van der Waals surface area contributed by atoms with Gasteiger partial charge in [0.05, 0.1) is 10.7 Å². The number of benzene rings is 1. The lowest BCUT2D eigenvalue weighted by Crippen LogP contribution is -1.95. The van der Waals surface area contributed by atoms with Gasteiger partial charge in [0.2, 0.25) is 0 Å². The van der Waals surface area contributed by atoms with Gasteiger partial charge in [-0.2, -0.15) is 0 Å². The fourth-order valence-corrected chi connectivity index (χ4v) is 2.70. The Balaban J connectivity index is 2.39. The molecule has 3 heteroatoms. The van der Waals surface area contributed by atoms with E-state index in [4.69, 9.17) is 5.73 Å². The molecule has 0 atom stereocenters. The van der Waals surface area contributed by atoms with E-state index in [2.05, 4.69) is 43.1 Å². The van der Waals surface area contributed by atoms with E-state index in [0.717, 1.165) is 10.7 Å². The van der Waals surface area contributed by atoms with Crippen LogP contribution in [-0.4, -0.2) is 4.98 Å². The molecule has 2 N–H and O–H groups in total. The first-order valence-corrected chi connectivity index (χ1v) is 6.70. The zero-order valence-corrected chi connectivity index (χ0v) is 11.3. The summed E-state index contributed by atoms with van der Waals surface area (Å²) in [5, 5.41) is 1.08. The van der Waals surface area contributed by atoms with E-state index in [0.29, 0.717) is 12.5 Å². The number of aryl methyl sites for hydroxylation is 1. The molecule has 0 bridgehead atoms. The molecule has 0 saturated heterocycles. The molecule has 2 nitrogen and oxygen atoms in total. The maximum Gasteiger partial charge on any atom is 0.0905 e. The highest BCUT2D eigenvalue weighted by atomic mass is 32.1. The topological polar surface area (TPSA) is 38.9 Å². The molecule has 0 aliphatic heterocycles. The third kappa shape index (κ3) is 2.56. The summed E-state index contributed by atoms with van der Waals surface area (Å²) in [7, 11) is 0. The van der Waals surface area contributed by atoms with Crippen molar-refractivity contribution in [3.05, 3.63) is 39.7 Å². The third-order valence-electron chi connectivity index (χ3n) is 2.84. The zero-order valence-electron chi connectivity index (χ0n) is 10.5. The van der Waals surface area contributed by atoms with Crippen LogP contribution in [0.1, 0.15) is 35.2 Å². The summed E-state index contributed by atoms with van der Waals surface area (Å²) in [5.74, 6) is 0.565. The Morgan fingerprint density at radius 3 is 2.41 bits per heavy atom. The van der Waals surface area contributed by atoms with Crippen LogP contribution < -0.4 is 5.73 Å². The summed E-state index contributed by atoms with van der Waals surface area (Å²) in [6, 6.07) is 8.63. The van der Waals surface area contributed by atoms with Gasteiger partial charge in [0.15, 0.2) is 0 Å². The van der Waals surface area contributed by atoms with E-state index in [1.54, 1.807) is 11.3 Å². The molecule has 1 aromatic heterocycles. The summed E-state index contributed by atoms with van der Waals surface area (Å²) >= 11 is 1.68. The van der Waals surface area contributed by atoms with Crippen molar-refractivity contribution in [2.45, 2.75) is 33.2 Å². The molecule has 1 aromatic carbocycles. The summed E-state index contributed by atoms with van der Waals surface area (Å²) in [4.78, 5) is 5.73. The molecule has 0 radical (unpaired) electrons. The Kier molecular flexibility index (Phi) is 3.60. The zero-order chi connectivity index (χ0) is 12.4. The molecule has 2 rings (SSSR count). The van der Waals surface area contributed by atoms with E-state index in [1.165, 1.54) is 16.0 Å². The second-order valence-corrected chi connectivity index (χ2v) is 5.77. The van der Waals surface area contributed by atoms with Crippen LogP contribution in [0, 0.1) is 6.92 Å². The van der Waals surface area contributed by atoms with E-state index in [1.807, 2.05) is 6.92 Å². The van der Waals surface area contributed by atoms with Gasteiger partial charge in [-0.1, -0.05) is 38.1 Å². The minimum atomic E-state index is 0.562. The fourth-order valence-electron chi connectivity index (χ4n) is 1.86. The van der Waals surface area contributed by atoms with Crippen molar-refractivity contribution in [3.8, 4) is 11.3 Å². The van der Waals surface area contributed by atoms with Crippen LogP contribution in [0.5, 0.6) is 0 Å². The molecule has 90 valence electrons. The van der Waals surface area contributed by atoms with Crippen LogP contribution in [0.25, 0.3) is 11.3 Å². The van der Waals surface area contributed by atoms with Crippen LogP contribution in [0.4, 0.5) is 0 Å². The Hall–Kier alpha value is -1.19. The highest BCUT2D eigenvalue weighted by Gasteiger charge is 2.10. The number of rotatable bonds is 3. The first kappa shape index (κ1) is 12.3. The second kappa shape index (κ2) is 4.98. The Morgan fingerprint density at radius 1 is 1.24 bits per heavy atom. The van der Waals surface area contributed by atoms with E-state index >= 15 is 0 Å². The van der Waals surface area contributed by atoms with Crippen LogP contribution in [-0.2, 0) is 6.54 Å². The van der Waals surface area contributed by atoms with Gasteiger partial charge in [-0.05, 0) is 18.4 Å². The molecule has 17 heavy (non-hydrogen) atoms. The molecular formula is C14H18N2S. The van der Waals surface area contributed by atoms with E-state index in [-0.39, 0.29) is 0 Å². The molecule has 0 saturated carbocycles. The van der Waals surface area contributed by atoms with Crippen LogP contribution >= 0.6 is 11.3 Å². The lowest BCUT2D eigenvalue weighted by atomic mass is 10.0. The maximum atomic E-state index is 5.75. The van der Waals surface area contributed by atoms with Crippen LogP contribution in [0.15, 0.2) is 24.3 Å². The van der Waals surface area contributed by atoms with Gasteiger partial charge in [-0.25, -0.2) is 4.98 Å². The van der Waals surface area contributed by atoms with Gasteiger partial charge in [0.1, 0.15) is 0 Å². The van der Waals surface area contributed by atoms with E-state index in [9.17, 15) is 0 Å². The average Bonchev–Trinajstić information content (AvgIpc) is 2.70. The van der Waals surface area contributed by atoms with Crippen LogP contribution in [0.2, 0.25) is 0 Å². The standard InChI is InChI=1S/C14H18N2S/c1-9(2)11-4-6-12(7-5-11)14-13(8-15)17-10(3)16-14/h4-7,9H,8,15H2,1-3H3. The van der Waals surface area contributed by atoms with Crippen molar-refractivity contribution in [2.24, 2.45) is 5.73 Å². The van der Waals surface area contributed by atoms with Gasteiger partial charge in [0, 0.05) is 17.0 Å². The van der Waals surface area contributed by atoms with Crippen molar-refractivity contribution in [1.29, 1.82) is 0 Å². The molecule has 0 aliphatic rings. The SMILES string of the molecule is Cc1nc(-c2ccc(C(C)C)cc2)c(CN)s1. The van der Waals surface area contributed by atoms with Gasteiger partial charge >= 0.3 is 0 Å². The molecule has 0 spiro atoms. The molecule has 0 fully saturated rings. The number of hydrogen-bond donors (Lipinski definition) is 1. The summed E-state index contributed by atoms with van der Waals surface area (Å²) in [6.45, 7) is 6.99. The monoisotopic (exact) mass is 246 g/mol. The Morgan fingerprint density at radius 2 is 1.88 bits per heavy atom. The summed E-state index contributed by atoms with van der Waals surface area (Å²) in [5.41, 5.74) is 9.32. The maximum absolute atomic E-state index is 5.75. The largest absolute Gasteiger partial charge is 0.326 e. The highest BCUT2D eigenvalue weighted by Crippen LogP contribution is 2.28. The van der Waals surface area contributed by atoms with Crippen molar-refractivity contribution in [2.75, 3.05) is 0 Å². The molecule has 2 aromatic rings. The van der Waals surface area contributed by atoms with Gasteiger partial charge in [-0.3, -0.25) is 0 Å². The van der Waals surface area contributed by atoms with Crippen molar-refractivity contribution >= 4 is 11.3 Å². The first-order valence-electron chi connectivity index (χ1n) is 5.88. The normalized spacial score (nSPS) is 11.1. The molecule has 0 aliphatic carbocycles.